The number of nitrogens with zero attached hydrogens (tertiary/aromatic N) is 2. The molecule has 1 fully saturated rings. The van der Waals surface area contributed by atoms with Crippen molar-refractivity contribution in [1.29, 1.82) is 0 Å². The predicted octanol–water partition coefficient (Wildman–Crippen LogP) is 1.70. The second-order valence-corrected chi connectivity index (χ2v) is 5.71. The van der Waals surface area contributed by atoms with Gasteiger partial charge in [0.05, 0.1) is 12.1 Å². The number of hydrogen-bond donors (Lipinski definition) is 2. The molecule has 1 aromatic rings. The number of hydrogen-bond acceptors (Lipinski definition) is 5. The van der Waals surface area contributed by atoms with Crippen LogP contribution in [-0.4, -0.2) is 65.1 Å². The van der Waals surface area contributed by atoms with Crippen molar-refractivity contribution in [3.63, 3.8) is 0 Å². The molecule has 116 valence electrons. The number of carbonyl (C=O) groups excluding carboxylic acids is 1. The monoisotopic (exact) mass is 292 g/mol. The Morgan fingerprint density at radius 2 is 2.00 bits per heavy atom. The zero-order valence-electron chi connectivity index (χ0n) is 12.7. The number of piperidine rings is 1. The second-order valence-electron chi connectivity index (χ2n) is 5.71. The van der Waals surface area contributed by atoms with Gasteiger partial charge >= 0.3 is 0 Å². The maximum absolute atomic E-state index is 12.3. The molecule has 5 nitrogen and oxygen atoms in total. The molecular weight excluding hydrogens is 268 g/mol. The van der Waals surface area contributed by atoms with E-state index in [2.05, 4.69) is 16.7 Å². The van der Waals surface area contributed by atoms with Crippen LogP contribution in [0.15, 0.2) is 18.2 Å². The molecule has 21 heavy (non-hydrogen) atoms. The minimum atomic E-state index is -0.158. The first kappa shape index (κ1) is 15.8. The van der Waals surface area contributed by atoms with E-state index in [1.807, 2.05) is 7.05 Å². The largest absolute Gasteiger partial charge is 0.508 e. The van der Waals surface area contributed by atoms with Crippen LogP contribution in [-0.2, 0) is 0 Å². The molecule has 1 heterocycles. The minimum Gasteiger partial charge on any atom is -0.508 e. The fraction of sp³-hybridized carbons (Fsp3) is 0.562. The lowest BCUT2D eigenvalue weighted by Crippen LogP contribution is -2.44. The number of likely N-dealkylation sites (N-methyl/N-ethyl adjacent to an activating group) is 1. The standard InChI is InChI=1S/C16H24N2O3/c1-3-18-8-6-12(7-9-18)17(2)11-16(21)14-5-4-13(19)10-15(14)20/h4-5,10,12,19-20H,3,6-9,11H2,1-2H3. The van der Waals surface area contributed by atoms with Crippen LogP contribution in [0.2, 0.25) is 0 Å². The number of aromatic hydroxyl groups is 2. The van der Waals surface area contributed by atoms with E-state index in [0.717, 1.165) is 32.5 Å². The molecule has 0 aliphatic carbocycles. The molecule has 0 aromatic heterocycles. The van der Waals surface area contributed by atoms with E-state index in [1.54, 1.807) is 0 Å². The van der Waals surface area contributed by atoms with Gasteiger partial charge in [-0.05, 0) is 51.7 Å². The summed E-state index contributed by atoms with van der Waals surface area (Å²) >= 11 is 0. The van der Waals surface area contributed by atoms with Gasteiger partial charge < -0.3 is 15.1 Å². The number of Topliss-reactive ketones (excluding diaryl/α,β-unsaturated/α-hetero) is 1. The third-order valence-electron chi connectivity index (χ3n) is 4.30. The van der Waals surface area contributed by atoms with Crippen molar-refractivity contribution in [2.75, 3.05) is 33.2 Å². The molecule has 0 spiro atoms. The van der Waals surface area contributed by atoms with Crippen molar-refractivity contribution in [2.24, 2.45) is 0 Å². The average molecular weight is 292 g/mol. The average Bonchev–Trinajstić information content (AvgIpc) is 2.47. The predicted molar refractivity (Wildman–Crippen MR) is 81.9 cm³/mol. The van der Waals surface area contributed by atoms with E-state index in [9.17, 15) is 15.0 Å². The van der Waals surface area contributed by atoms with E-state index in [1.165, 1.54) is 18.2 Å². The molecule has 0 amide bonds. The Balaban J connectivity index is 1.93. The van der Waals surface area contributed by atoms with E-state index >= 15 is 0 Å². The number of phenolic OH excluding ortho intramolecular Hbond substituents is 2. The highest BCUT2D eigenvalue weighted by atomic mass is 16.3. The molecule has 1 saturated heterocycles. The molecule has 1 aliphatic heterocycles. The summed E-state index contributed by atoms with van der Waals surface area (Å²) in [6.07, 6.45) is 2.14. The summed E-state index contributed by atoms with van der Waals surface area (Å²) in [6, 6.07) is 4.51. The number of benzene rings is 1. The van der Waals surface area contributed by atoms with Crippen LogP contribution >= 0.6 is 0 Å². The molecule has 1 aliphatic rings. The highest BCUT2D eigenvalue weighted by Crippen LogP contribution is 2.23. The molecule has 2 rings (SSSR count). The number of likely N-dealkylation sites (tertiary alicyclic amines) is 1. The summed E-state index contributed by atoms with van der Waals surface area (Å²) in [4.78, 5) is 16.7. The van der Waals surface area contributed by atoms with Gasteiger partial charge in [-0.2, -0.15) is 0 Å². The van der Waals surface area contributed by atoms with E-state index in [4.69, 9.17) is 0 Å². The van der Waals surface area contributed by atoms with Crippen LogP contribution in [0.25, 0.3) is 0 Å². The van der Waals surface area contributed by atoms with Crippen LogP contribution < -0.4 is 0 Å². The second kappa shape index (κ2) is 6.91. The van der Waals surface area contributed by atoms with Crippen molar-refractivity contribution < 1.29 is 15.0 Å². The van der Waals surface area contributed by atoms with Crippen LogP contribution in [0.5, 0.6) is 11.5 Å². The van der Waals surface area contributed by atoms with Gasteiger partial charge in [-0.25, -0.2) is 0 Å². The molecule has 0 unspecified atom stereocenters. The Kier molecular flexibility index (Phi) is 5.20. The van der Waals surface area contributed by atoms with Gasteiger partial charge in [-0.1, -0.05) is 6.92 Å². The number of phenols is 2. The van der Waals surface area contributed by atoms with Gasteiger partial charge in [-0.3, -0.25) is 9.69 Å². The normalized spacial score (nSPS) is 17.3. The van der Waals surface area contributed by atoms with Gasteiger partial charge in [0.25, 0.3) is 0 Å². The van der Waals surface area contributed by atoms with Crippen molar-refractivity contribution >= 4 is 5.78 Å². The topological polar surface area (TPSA) is 64.0 Å². The summed E-state index contributed by atoms with van der Waals surface area (Å²) in [7, 11) is 1.96. The van der Waals surface area contributed by atoms with Gasteiger partial charge in [0.1, 0.15) is 11.5 Å². The number of rotatable bonds is 5. The summed E-state index contributed by atoms with van der Waals surface area (Å²) in [5, 5.41) is 19.0. The van der Waals surface area contributed by atoms with Crippen molar-refractivity contribution in [3.8, 4) is 11.5 Å². The Morgan fingerprint density at radius 3 is 2.57 bits per heavy atom. The van der Waals surface area contributed by atoms with Gasteiger partial charge in [0, 0.05) is 12.1 Å². The highest BCUT2D eigenvalue weighted by Gasteiger charge is 2.23. The third kappa shape index (κ3) is 3.95. The fourth-order valence-corrected chi connectivity index (χ4v) is 2.87. The first-order chi connectivity index (χ1) is 10.0. The first-order valence-electron chi connectivity index (χ1n) is 7.49. The molecule has 5 heteroatoms. The summed E-state index contributed by atoms with van der Waals surface area (Å²) in [5.41, 5.74) is 0.269. The molecule has 0 radical (unpaired) electrons. The smallest absolute Gasteiger partial charge is 0.180 e. The Bertz CT molecular complexity index is 496. The first-order valence-corrected chi connectivity index (χ1v) is 7.49. The molecular formula is C16H24N2O3. The molecule has 1 aromatic carbocycles. The van der Waals surface area contributed by atoms with E-state index in [-0.39, 0.29) is 29.4 Å². The zero-order chi connectivity index (χ0) is 15.4. The van der Waals surface area contributed by atoms with Crippen molar-refractivity contribution in [3.05, 3.63) is 23.8 Å². The summed E-state index contributed by atoms with van der Waals surface area (Å²) in [5.74, 6) is -0.313. The zero-order valence-corrected chi connectivity index (χ0v) is 12.7. The Morgan fingerprint density at radius 1 is 1.33 bits per heavy atom. The summed E-state index contributed by atoms with van der Waals surface area (Å²) in [6.45, 7) is 5.68. The Labute approximate surface area is 125 Å². The minimum absolute atomic E-state index is 0.0376. The number of ketones is 1. The third-order valence-corrected chi connectivity index (χ3v) is 4.30. The Hall–Kier alpha value is -1.59. The lowest BCUT2D eigenvalue weighted by molar-refractivity contribution is 0.0856. The van der Waals surface area contributed by atoms with Crippen LogP contribution in [0.1, 0.15) is 30.1 Å². The van der Waals surface area contributed by atoms with Crippen molar-refractivity contribution in [2.45, 2.75) is 25.8 Å². The molecule has 0 atom stereocenters. The van der Waals surface area contributed by atoms with E-state index in [0.29, 0.717) is 6.04 Å². The molecule has 0 bridgehead atoms. The highest BCUT2D eigenvalue weighted by molar-refractivity contribution is 6.00. The SMILES string of the molecule is CCN1CCC(N(C)CC(=O)c2ccc(O)cc2O)CC1. The molecule has 2 N–H and O–H groups in total. The fourth-order valence-electron chi connectivity index (χ4n) is 2.87. The van der Waals surface area contributed by atoms with Gasteiger partial charge in [0.15, 0.2) is 5.78 Å². The lowest BCUT2D eigenvalue weighted by Gasteiger charge is -2.36. The summed E-state index contributed by atoms with van der Waals surface area (Å²) < 4.78 is 0. The maximum atomic E-state index is 12.3. The van der Waals surface area contributed by atoms with Gasteiger partial charge in [0.2, 0.25) is 0 Å². The van der Waals surface area contributed by atoms with E-state index < -0.39 is 0 Å². The molecule has 0 saturated carbocycles. The maximum Gasteiger partial charge on any atom is 0.180 e. The van der Waals surface area contributed by atoms with Crippen LogP contribution in [0.3, 0.4) is 0 Å². The van der Waals surface area contributed by atoms with Crippen LogP contribution in [0.4, 0.5) is 0 Å². The lowest BCUT2D eigenvalue weighted by atomic mass is 10.0. The quantitative estimate of drug-likeness (QED) is 0.809. The van der Waals surface area contributed by atoms with Crippen LogP contribution in [0, 0.1) is 0 Å². The number of carbonyl (C=O) groups is 1. The van der Waals surface area contributed by atoms with Gasteiger partial charge in [-0.15, -0.1) is 0 Å². The van der Waals surface area contributed by atoms with Crippen molar-refractivity contribution in [1.82, 2.24) is 9.80 Å².